The van der Waals surface area contributed by atoms with Gasteiger partial charge in [-0.1, -0.05) is 6.42 Å². The summed E-state index contributed by atoms with van der Waals surface area (Å²) >= 11 is 0. The Morgan fingerprint density at radius 1 is 1.17 bits per heavy atom. The van der Waals surface area contributed by atoms with Crippen LogP contribution in [0.4, 0.5) is 0 Å². The van der Waals surface area contributed by atoms with Gasteiger partial charge < -0.3 is 5.11 Å². The Balaban J connectivity index is 1.90. The molecule has 2 N–H and O–H groups in total. The van der Waals surface area contributed by atoms with Crippen LogP contribution in [0, 0.1) is 5.92 Å². The van der Waals surface area contributed by atoms with Crippen molar-refractivity contribution in [3.63, 3.8) is 0 Å². The number of nitrogens with one attached hydrogen (secondary N) is 1. The van der Waals surface area contributed by atoms with E-state index in [0.717, 1.165) is 19.3 Å². The molecule has 0 aromatic heterocycles. The van der Waals surface area contributed by atoms with Crippen LogP contribution in [-0.2, 0) is 15.0 Å². The van der Waals surface area contributed by atoms with Crippen molar-refractivity contribution < 1.29 is 18.3 Å². The Bertz CT molecular complexity index is 403. The minimum Gasteiger partial charge on any atom is -0.481 e. The molecule has 7 heteroatoms. The summed E-state index contributed by atoms with van der Waals surface area (Å²) < 4.78 is 28.3. The molecule has 0 radical (unpaired) electrons. The zero-order valence-corrected chi connectivity index (χ0v) is 11.2. The Labute approximate surface area is 108 Å². The van der Waals surface area contributed by atoms with Gasteiger partial charge in [0.05, 0.1) is 5.92 Å². The fourth-order valence-electron chi connectivity index (χ4n) is 2.70. The average Bonchev–Trinajstić information content (AvgIpc) is 2.78. The lowest BCUT2D eigenvalue weighted by Gasteiger charge is -2.27. The second kappa shape index (κ2) is 5.54. The summed E-state index contributed by atoms with van der Waals surface area (Å²) in [5, 5.41) is 8.89. The van der Waals surface area contributed by atoms with Crippen molar-refractivity contribution in [3.8, 4) is 0 Å². The molecule has 2 fully saturated rings. The monoisotopic (exact) mass is 276 g/mol. The van der Waals surface area contributed by atoms with Gasteiger partial charge in [-0.15, -0.1) is 0 Å². The van der Waals surface area contributed by atoms with E-state index in [2.05, 4.69) is 4.72 Å². The molecule has 18 heavy (non-hydrogen) atoms. The van der Waals surface area contributed by atoms with Crippen molar-refractivity contribution in [2.24, 2.45) is 5.92 Å². The summed E-state index contributed by atoms with van der Waals surface area (Å²) in [7, 11) is -3.43. The number of carboxylic acid groups (broad SMARTS) is 1. The van der Waals surface area contributed by atoms with Gasteiger partial charge in [-0.3, -0.25) is 4.79 Å². The molecule has 0 bridgehead atoms. The first-order valence-electron chi connectivity index (χ1n) is 6.49. The summed E-state index contributed by atoms with van der Waals surface area (Å²) in [6.07, 6.45) is 4.47. The van der Waals surface area contributed by atoms with Gasteiger partial charge in [0.2, 0.25) is 0 Å². The number of aliphatic carboxylic acids is 1. The highest BCUT2D eigenvalue weighted by Crippen LogP contribution is 2.26. The van der Waals surface area contributed by atoms with Gasteiger partial charge in [-0.05, 0) is 32.1 Å². The molecule has 0 aromatic rings. The molecule has 2 rings (SSSR count). The third kappa shape index (κ3) is 3.21. The van der Waals surface area contributed by atoms with E-state index < -0.39 is 22.1 Å². The number of carbonyl (C=O) groups is 1. The van der Waals surface area contributed by atoms with E-state index in [0.29, 0.717) is 32.4 Å². The molecule has 1 saturated carbocycles. The van der Waals surface area contributed by atoms with Crippen LogP contribution in [0.2, 0.25) is 0 Å². The Hall–Kier alpha value is -0.660. The van der Waals surface area contributed by atoms with Crippen LogP contribution in [0.3, 0.4) is 0 Å². The Morgan fingerprint density at radius 3 is 2.39 bits per heavy atom. The second-order valence-electron chi connectivity index (χ2n) is 5.13. The smallest absolute Gasteiger partial charge is 0.306 e. The van der Waals surface area contributed by atoms with Gasteiger partial charge in [0.15, 0.2) is 0 Å². The van der Waals surface area contributed by atoms with Crippen molar-refractivity contribution >= 4 is 16.2 Å². The third-order valence-corrected chi connectivity index (χ3v) is 5.43. The van der Waals surface area contributed by atoms with Crippen LogP contribution in [0.25, 0.3) is 0 Å². The Morgan fingerprint density at radius 2 is 1.83 bits per heavy atom. The SMILES string of the molecule is O=C(O)C1CCC(NS(=O)(=O)N2CCCCC2)C1. The molecule has 2 unspecified atom stereocenters. The fourth-order valence-corrected chi connectivity index (χ4v) is 4.23. The number of hydrogen-bond acceptors (Lipinski definition) is 3. The predicted octanol–water partition coefficient (Wildman–Crippen LogP) is 0.560. The van der Waals surface area contributed by atoms with E-state index in [9.17, 15) is 13.2 Å². The quantitative estimate of drug-likeness (QED) is 0.785. The van der Waals surface area contributed by atoms with Crippen LogP contribution in [0.5, 0.6) is 0 Å². The highest BCUT2D eigenvalue weighted by Gasteiger charge is 2.34. The fraction of sp³-hybridized carbons (Fsp3) is 0.909. The van der Waals surface area contributed by atoms with Crippen LogP contribution in [0.1, 0.15) is 38.5 Å². The molecule has 0 spiro atoms. The summed E-state index contributed by atoms with van der Waals surface area (Å²) in [6.45, 7) is 1.15. The summed E-state index contributed by atoms with van der Waals surface area (Å²) in [4.78, 5) is 10.8. The molecule has 0 amide bonds. The number of hydrogen-bond donors (Lipinski definition) is 2. The maximum absolute atomic E-state index is 12.1. The summed E-state index contributed by atoms with van der Waals surface area (Å²) in [6, 6.07) is -0.224. The van der Waals surface area contributed by atoms with Gasteiger partial charge in [0.1, 0.15) is 0 Å². The minimum atomic E-state index is -3.43. The predicted molar refractivity (Wildman–Crippen MR) is 66.2 cm³/mol. The molecular weight excluding hydrogens is 256 g/mol. The van der Waals surface area contributed by atoms with Crippen molar-refractivity contribution in [1.82, 2.24) is 9.03 Å². The van der Waals surface area contributed by atoms with Crippen molar-refractivity contribution in [1.29, 1.82) is 0 Å². The van der Waals surface area contributed by atoms with E-state index in [1.165, 1.54) is 4.31 Å². The molecule has 1 aliphatic heterocycles. The first-order chi connectivity index (χ1) is 8.49. The van der Waals surface area contributed by atoms with Crippen LogP contribution in [0.15, 0.2) is 0 Å². The highest BCUT2D eigenvalue weighted by atomic mass is 32.2. The van der Waals surface area contributed by atoms with Gasteiger partial charge in [0.25, 0.3) is 10.2 Å². The van der Waals surface area contributed by atoms with Crippen molar-refractivity contribution in [3.05, 3.63) is 0 Å². The van der Waals surface area contributed by atoms with E-state index in [1.807, 2.05) is 0 Å². The van der Waals surface area contributed by atoms with Crippen LogP contribution < -0.4 is 4.72 Å². The van der Waals surface area contributed by atoms with Crippen molar-refractivity contribution in [2.75, 3.05) is 13.1 Å². The molecule has 104 valence electrons. The van der Waals surface area contributed by atoms with E-state index in [4.69, 9.17) is 5.11 Å². The number of rotatable bonds is 4. The molecule has 1 saturated heterocycles. The Kier molecular flexibility index (Phi) is 4.24. The molecule has 1 heterocycles. The normalized spacial score (nSPS) is 30.4. The average molecular weight is 276 g/mol. The molecule has 2 aliphatic rings. The molecule has 2 atom stereocenters. The maximum atomic E-state index is 12.1. The van der Waals surface area contributed by atoms with Gasteiger partial charge in [-0.25, -0.2) is 0 Å². The van der Waals surface area contributed by atoms with Gasteiger partial charge in [0, 0.05) is 19.1 Å². The minimum absolute atomic E-state index is 0.224. The molecule has 0 aromatic carbocycles. The molecular formula is C11H20N2O4S. The summed E-state index contributed by atoms with van der Waals surface area (Å²) in [5.41, 5.74) is 0. The second-order valence-corrected chi connectivity index (χ2v) is 6.83. The van der Waals surface area contributed by atoms with E-state index in [-0.39, 0.29) is 6.04 Å². The molecule has 6 nitrogen and oxygen atoms in total. The molecule has 1 aliphatic carbocycles. The first-order valence-corrected chi connectivity index (χ1v) is 7.93. The third-order valence-electron chi connectivity index (χ3n) is 3.75. The first kappa shape index (κ1) is 13.8. The van der Waals surface area contributed by atoms with Gasteiger partial charge in [-0.2, -0.15) is 17.4 Å². The van der Waals surface area contributed by atoms with E-state index in [1.54, 1.807) is 0 Å². The van der Waals surface area contributed by atoms with E-state index >= 15 is 0 Å². The largest absolute Gasteiger partial charge is 0.481 e. The summed E-state index contributed by atoms with van der Waals surface area (Å²) in [5.74, 6) is -1.23. The number of nitrogens with zero attached hydrogens (tertiary/aromatic N) is 1. The maximum Gasteiger partial charge on any atom is 0.306 e. The topological polar surface area (TPSA) is 86.7 Å². The lowest BCUT2D eigenvalue weighted by Crippen LogP contribution is -2.46. The number of carboxylic acids is 1. The zero-order chi connectivity index (χ0) is 13.2. The number of piperidine rings is 1. The van der Waals surface area contributed by atoms with Crippen LogP contribution >= 0.6 is 0 Å². The lowest BCUT2D eigenvalue weighted by atomic mass is 10.1. The van der Waals surface area contributed by atoms with Gasteiger partial charge >= 0.3 is 5.97 Å². The lowest BCUT2D eigenvalue weighted by molar-refractivity contribution is -0.141. The zero-order valence-electron chi connectivity index (χ0n) is 10.3. The van der Waals surface area contributed by atoms with Crippen molar-refractivity contribution in [2.45, 2.75) is 44.6 Å². The highest BCUT2D eigenvalue weighted by molar-refractivity contribution is 7.87. The van der Waals surface area contributed by atoms with Crippen LogP contribution in [-0.4, -0.2) is 42.9 Å². The standard InChI is InChI=1S/C11H20N2O4S/c14-11(15)9-4-5-10(8-9)12-18(16,17)13-6-2-1-3-7-13/h9-10,12H,1-8H2,(H,14,15).